The molecule has 8 heteroatoms. The first-order chi connectivity index (χ1) is 12.9. The van der Waals surface area contributed by atoms with Crippen molar-refractivity contribution in [2.45, 2.75) is 13.8 Å². The van der Waals surface area contributed by atoms with Crippen molar-refractivity contribution in [3.8, 4) is 11.5 Å². The van der Waals surface area contributed by atoms with E-state index in [-0.39, 0.29) is 16.8 Å². The van der Waals surface area contributed by atoms with Crippen molar-refractivity contribution in [2.75, 3.05) is 11.9 Å². The van der Waals surface area contributed by atoms with Crippen molar-refractivity contribution in [3.05, 3.63) is 48.0 Å². The van der Waals surface area contributed by atoms with Gasteiger partial charge >= 0.3 is 0 Å². The Morgan fingerprint density at radius 1 is 1.30 bits per heavy atom. The lowest BCUT2D eigenvalue weighted by molar-refractivity contribution is 0.0977. The highest BCUT2D eigenvalue weighted by atomic mass is 32.1. The minimum absolute atomic E-state index is 0.150. The predicted molar refractivity (Wildman–Crippen MR) is 112 cm³/mol. The molecule has 3 aromatic rings. The summed E-state index contributed by atoms with van der Waals surface area (Å²) < 4.78 is 6.47. The van der Waals surface area contributed by atoms with Crippen LogP contribution in [0.1, 0.15) is 24.2 Å². The fraction of sp³-hybridized carbons (Fsp3) is 0.211. The summed E-state index contributed by atoms with van der Waals surface area (Å²) in [7, 11) is 0. The van der Waals surface area contributed by atoms with Crippen LogP contribution in [-0.4, -0.2) is 27.7 Å². The number of hydrogen-bond acceptors (Lipinski definition) is 6. The maximum absolute atomic E-state index is 12.4. The summed E-state index contributed by atoms with van der Waals surface area (Å²) in [6.45, 7) is 4.70. The monoisotopic (exact) mass is 401 g/mol. The van der Waals surface area contributed by atoms with Crippen LogP contribution in [0.5, 0.6) is 11.5 Å². The Labute approximate surface area is 166 Å². The Morgan fingerprint density at radius 2 is 2.11 bits per heavy atom. The van der Waals surface area contributed by atoms with Gasteiger partial charge in [0.25, 0.3) is 5.91 Å². The Hall–Kier alpha value is -2.71. The average molecular weight is 402 g/mol. The van der Waals surface area contributed by atoms with Gasteiger partial charge in [0.2, 0.25) is 0 Å². The Balaban J connectivity index is 1.63. The van der Waals surface area contributed by atoms with Gasteiger partial charge in [-0.1, -0.05) is 31.3 Å². The predicted octanol–water partition coefficient (Wildman–Crippen LogP) is 4.16. The van der Waals surface area contributed by atoms with E-state index >= 15 is 0 Å². The number of ether oxygens (including phenoxy) is 1. The summed E-state index contributed by atoms with van der Waals surface area (Å²) in [6, 6.07) is 11.9. The molecule has 0 atom stereocenters. The van der Waals surface area contributed by atoms with E-state index in [1.54, 1.807) is 36.4 Å². The summed E-state index contributed by atoms with van der Waals surface area (Å²) in [4.78, 5) is 16.8. The number of amides is 1. The van der Waals surface area contributed by atoms with Gasteiger partial charge in [-0.05, 0) is 54.5 Å². The number of anilines is 1. The molecule has 0 saturated carbocycles. The van der Waals surface area contributed by atoms with E-state index in [0.717, 1.165) is 10.2 Å². The fourth-order valence-corrected chi connectivity index (χ4v) is 3.42. The summed E-state index contributed by atoms with van der Waals surface area (Å²) in [6.07, 6.45) is 0. The summed E-state index contributed by atoms with van der Waals surface area (Å²) in [5, 5.41) is 15.7. The first kappa shape index (κ1) is 19.1. The highest BCUT2D eigenvalue weighted by molar-refractivity contribution is 7.80. The number of carbonyl (C=O) groups excluding carboxylic acids is 1. The third-order valence-corrected chi connectivity index (χ3v) is 4.64. The molecule has 0 unspecified atom stereocenters. The van der Waals surface area contributed by atoms with E-state index < -0.39 is 0 Å². The summed E-state index contributed by atoms with van der Waals surface area (Å²) >= 11 is 6.54. The minimum atomic E-state index is -0.332. The minimum Gasteiger partial charge on any atom is -0.508 e. The molecule has 27 heavy (non-hydrogen) atoms. The Bertz CT molecular complexity index is 985. The second-order valence-electron chi connectivity index (χ2n) is 6.31. The average Bonchev–Trinajstić information content (AvgIpc) is 3.01. The second-order valence-corrected chi connectivity index (χ2v) is 7.75. The zero-order valence-electron chi connectivity index (χ0n) is 14.9. The van der Waals surface area contributed by atoms with Gasteiger partial charge in [-0.15, -0.1) is 0 Å². The molecule has 3 N–H and O–H groups in total. The number of hydrogen-bond donors (Lipinski definition) is 3. The quantitative estimate of drug-likeness (QED) is 0.557. The maximum atomic E-state index is 12.4. The van der Waals surface area contributed by atoms with Gasteiger partial charge in [0.1, 0.15) is 11.5 Å². The number of thiocarbonyl (C=S) groups is 1. The maximum Gasteiger partial charge on any atom is 0.257 e. The number of thiazole rings is 1. The van der Waals surface area contributed by atoms with Crippen LogP contribution in [0.4, 0.5) is 5.13 Å². The molecule has 0 radical (unpaired) electrons. The molecule has 2 aromatic carbocycles. The summed E-state index contributed by atoms with van der Waals surface area (Å²) in [5.41, 5.74) is 1.19. The van der Waals surface area contributed by atoms with E-state index in [1.807, 2.05) is 6.07 Å². The number of carbonyl (C=O) groups is 1. The first-order valence-electron chi connectivity index (χ1n) is 8.35. The van der Waals surface area contributed by atoms with Crippen LogP contribution in [0, 0.1) is 5.92 Å². The number of phenolic OH excluding ortho intramolecular Hbond substituents is 1. The lowest BCUT2D eigenvalue weighted by Crippen LogP contribution is -2.34. The molecule has 0 spiro atoms. The van der Waals surface area contributed by atoms with Crippen molar-refractivity contribution in [1.82, 2.24) is 10.3 Å². The zero-order valence-corrected chi connectivity index (χ0v) is 16.5. The smallest absolute Gasteiger partial charge is 0.257 e. The zero-order chi connectivity index (χ0) is 19.4. The molecule has 0 fully saturated rings. The number of phenols is 1. The summed E-state index contributed by atoms with van der Waals surface area (Å²) in [5.74, 6) is 0.880. The molecule has 0 aliphatic heterocycles. The van der Waals surface area contributed by atoms with Crippen molar-refractivity contribution in [1.29, 1.82) is 0 Å². The standard InChI is InChI=1S/C19H19N3O3S2/c1-11(2)10-25-14-5-3-4-12(8-14)17(24)21-18(26)22-19-20-15-7-6-13(23)9-16(15)27-19/h3-9,11,23H,10H2,1-2H3,(H2,20,21,22,24,26). The van der Waals surface area contributed by atoms with Gasteiger partial charge in [-0.2, -0.15) is 0 Å². The number of aromatic hydroxyl groups is 1. The molecule has 3 rings (SSSR count). The SMILES string of the molecule is CC(C)COc1cccc(C(=O)NC(=S)Nc2nc3ccc(O)cc3s2)c1. The molecule has 140 valence electrons. The van der Waals surface area contributed by atoms with Gasteiger partial charge in [0, 0.05) is 5.56 Å². The molecule has 1 heterocycles. The fourth-order valence-electron chi connectivity index (χ4n) is 2.26. The highest BCUT2D eigenvalue weighted by Gasteiger charge is 2.11. The molecular weight excluding hydrogens is 382 g/mol. The highest BCUT2D eigenvalue weighted by Crippen LogP contribution is 2.28. The molecule has 0 aliphatic carbocycles. The molecule has 0 aliphatic rings. The van der Waals surface area contributed by atoms with Crippen LogP contribution in [-0.2, 0) is 0 Å². The van der Waals surface area contributed by atoms with Crippen LogP contribution in [0.25, 0.3) is 10.2 Å². The molecule has 6 nitrogen and oxygen atoms in total. The van der Waals surface area contributed by atoms with E-state index in [2.05, 4.69) is 29.5 Å². The Morgan fingerprint density at radius 3 is 2.89 bits per heavy atom. The van der Waals surface area contributed by atoms with Gasteiger partial charge in [0.05, 0.1) is 16.8 Å². The lowest BCUT2D eigenvalue weighted by atomic mass is 10.2. The lowest BCUT2D eigenvalue weighted by Gasteiger charge is -2.10. The number of benzene rings is 2. The number of aromatic nitrogens is 1. The number of nitrogens with one attached hydrogen (secondary N) is 2. The van der Waals surface area contributed by atoms with Crippen LogP contribution in [0.15, 0.2) is 42.5 Å². The molecular formula is C19H19N3O3S2. The third-order valence-electron chi connectivity index (χ3n) is 3.50. The van der Waals surface area contributed by atoms with Gasteiger partial charge < -0.3 is 15.2 Å². The molecule has 1 amide bonds. The van der Waals surface area contributed by atoms with E-state index in [0.29, 0.717) is 29.0 Å². The van der Waals surface area contributed by atoms with Gasteiger partial charge in [-0.3, -0.25) is 10.1 Å². The van der Waals surface area contributed by atoms with E-state index in [9.17, 15) is 9.90 Å². The van der Waals surface area contributed by atoms with Crippen molar-refractivity contribution < 1.29 is 14.6 Å². The molecule has 1 aromatic heterocycles. The van der Waals surface area contributed by atoms with Gasteiger partial charge in [0.15, 0.2) is 10.2 Å². The number of rotatable bonds is 5. The van der Waals surface area contributed by atoms with Crippen molar-refractivity contribution >= 4 is 49.9 Å². The topological polar surface area (TPSA) is 83.5 Å². The van der Waals surface area contributed by atoms with E-state index in [4.69, 9.17) is 17.0 Å². The molecule has 0 bridgehead atoms. The first-order valence-corrected chi connectivity index (χ1v) is 9.58. The van der Waals surface area contributed by atoms with Crippen LogP contribution < -0.4 is 15.4 Å². The van der Waals surface area contributed by atoms with Crippen LogP contribution in [0.2, 0.25) is 0 Å². The van der Waals surface area contributed by atoms with Crippen molar-refractivity contribution in [2.24, 2.45) is 5.92 Å². The Kier molecular flexibility index (Phi) is 5.88. The van der Waals surface area contributed by atoms with Gasteiger partial charge in [-0.25, -0.2) is 4.98 Å². The van der Waals surface area contributed by atoms with Crippen LogP contribution in [0.3, 0.4) is 0 Å². The number of fused-ring (bicyclic) bond motifs is 1. The van der Waals surface area contributed by atoms with Crippen molar-refractivity contribution in [3.63, 3.8) is 0 Å². The van der Waals surface area contributed by atoms with E-state index in [1.165, 1.54) is 11.3 Å². The second kappa shape index (κ2) is 8.32. The normalized spacial score (nSPS) is 10.8. The third kappa shape index (κ3) is 5.15. The molecule has 0 saturated heterocycles. The van der Waals surface area contributed by atoms with Crippen LogP contribution >= 0.6 is 23.6 Å². The number of nitrogens with zero attached hydrogens (tertiary/aromatic N) is 1. The largest absolute Gasteiger partial charge is 0.508 e.